The highest BCUT2D eigenvalue weighted by atomic mass is 16.5. The van der Waals surface area contributed by atoms with Gasteiger partial charge in [0.05, 0.1) is 12.8 Å². The molecule has 0 bridgehead atoms. The number of anilines is 1. The summed E-state index contributed by atoms with van der Waals surface area (Å²) in [6.07, 6.45) is 1.43. The van der Waals surface area contributed by atoms with Crippen LogP contribution >= 0.6 is 0 Å². The third kappa shape index (κ3) is 3.13. The van der Waals surface area contributed by atoms with Gasteiger partial charge in [-0.3, -0.25) is 4.79 Å². The van der Waals surface area contributed by atoms with Crippen LogP contribution in [0.1, 0.15) is 10.4 Å². The van der Waals surface area contributed by atoms with E-state index < -0.39 is 5.91 Å². The van der Waals surface area contributed by atoms with Crippen LogP contribution in [0.4, 0.5) is 11.5 Å². The van der Waals surface area contributed by atoms with E-state index in [4.69, 9.17) is 21.8 Å². The Kier molecular flexibility index (Phi) is 4.44. The van der Waals surface area contributed by atoms with Crippen molar-refractivity contribution in [1.82, 2.24) is 20.3 Å². The van der Waals surface area contributed by atoms with Crippen molar-refractivity contribution in [2.24, 2.45) is 0 Å². The molecule has 1 aromatic carbocycles. The van der Waals surface area contributed by atoms with E-state index >= 15 is 0 Å². The van der Waals surface area contributed by atoms with E-state index in [0.717, 1.165) is 0 Å². The molecule has 5 N–H and O–H groups in total. The minimum absolute atomic E-state index is 0.0585. The Labute approximate surface area is 147 Å². The minimum Gasteiger partial charge on any atom is -0.504 e. The van der Waals surface area contributed by atoms with E-state index in [0.29, 0.717) is 11.0 Å². The molecule has 10 nitrogen and oxygen atoms in total. The topological polar surface area (TPSA) is 140 Å². The Morgan fingerprint density at radius 1 is 1.50 bits per heavy atom. The van der Waals surface area contributed by atoms with Crippen molar-refractivity contribution in [3.8, 4) is 17.5 Å². The maximum absolute atomic E-state index is 12.1. The maximum Gasteiger partial charge on any atom is 0.296 e. The van der Waals surface area contributed by atoms with Gasteiger partial charge < -0.3 is 35.5 Å². The first kappa shape index (κ1) is 16.8. The third-order valence-corrected chi connectivity index (χ3v) is 3.51. The van der Waals surface area contributed by atoms with Crippen LogP contribution < -0.4 is 20.5 Å². The first-order valence-electron chi connectivity index (χ1n) is 7.33. The fraction of sp³-hybridized carbons (Fsp3) is 0.125. The molecule has 132 valence electrons. The summed E-state index contributed by atoms with van der Waals surface area (Å²) in [5.41, 5.74) is 7.09. The maximum atomic E-state index is 12.1. The van der Waals surface area contributed by atoms with Crippen LogP contribution in [0.5, 0.6) is 17.5 Å². The van der Waals surface area contributed by atoms with Crippen molar-refractivity contribution in [1.29, 1.82) is 0 Å². The summed E-state index contributed by atoms with van der Waals surface area (Å²) in [7, 11) is 1.42. The fourth-order valence-electron chi connectivity index (χ4n) is 2.22. The molecule has 0 aliphatic carbocycles. The molecule has 2 heterocycles. The van der Waals surface area contributed by atoms with Crippen LogP contribution in [0.15, 0.2) is 24.4 Å². The van der Waals surface area contributed by atoms with Crippen molar-refractivity contribution in [2.45, 2.75) is 0 Å². The SMILES string of the molecule is [C-]#[N+]c1ncc2[nH]c(OCNC(=O)c3ccc(OC)c(O)c3)nc2c1N. The van der Waals surface area contributed by atoms with E-state index in [1.807, 2.05) is 0 Å². The van der Waals surface area contributed by atoms with Crippen molar-refractivity contribution < 1.29 is 19.4 Å². The molecule has 0 saturated heterocycles. The van der Waals surface area contributed by atoms with E-state index in [9.17, 15) is 9.90 Å². The molecule has 3 rings (SSSR count). The van der Waals surface area contributed by atoms with E-state index in [1.165, 1.54) is 31.5 Å². The zero-order chi connectivity index (χ0) is 18.7. The van der Waals surface area contributed by atoms with Gasteiger partial charge in [-0.25, -0.2) is 0 Å². The summed E-state index contributed by atoms with van der Waals surface area (Å²) >= 11 is 0. The van der Waals surface area contributed by atoms with Crippen molar-refractivity contribution in [2.75, 3.05) is 19.6 Å². The molecule has 0 atom stereocenters. The molecule has 26 heavy (non-hydrogen) atoms. The summed E-state index contributed by atoms with van der Waals surface area (Å²) in [5.74, 6) is -0.263. The van der Waals surface area contributed by atoms with E-state index in [2.05, 4.69) is 25.1 Å². The second-order valence-corrected chi connectivity index (χ2v) is 5.09. The highest BCUT2D eigenvalue weighted by Crippen LogP contribution is 2.28. The monoisotopic (exact) mass is 354 g/mol. The Balaban J connectivity index is 1.65. The van der Waals surface area contributed by atoms with Gasteiger partial charge in [0.2, 0.25) is 0 Å². The third-order valence-electron chi connectivity index (χ3n) is 3.51. The number of aromatic amines is 1. The number of phenols is 1. The number of amides is 1. The highest BCUT2D eigenvalue weighted by Gasteiger charge is 2.13. The smallest absolute Gasteiger partial charge is 0.296 e. The second-order valence-electron chi connectivity index (χ2n) is 5.09. The van der Waals surface area contributed by atoms with Gasteiger partial charge in [0, 0.05) is 5.56 Å². The number of H-pyrrole nitrogens is 1. The number of methoxy groups -OCH3 is 1. The lowest BCUT2D eigenvalue weighted by molar-refractivity contribution is 0.0915. The van der Waals surface area contributed by atoms with E-state index in [-0.39, 0.29) is 41.3 Å². The van der Waals surface area contributed by atoms with Gasteiger partial charge in [-0.05, 0) is 18.2 Å². The second kappa shape index (κ2) is 6.86. The Bertz CT molecular complexity index is 1020. The van der Waals surface area contributed by atoms with Crippen LogP contribution in [0.3, 0.4) is 0 Å². The number of fused-ring (bicyclic) bond motifs is 1. The molecular formula is C16H14N6O4. The number of hydrogen-bond acceptors (Lipinski definition) is 7. The van der Waals surface area contributed by atoms with E-state index in [1.54, 1.807) is 0 Å². The first-order valence-corrected chi connectivity index (χ1v) is 7.33. The summed E-state index contributed by atoms with van der Waals surface area (Å²) in [6, 6.07) is 4.39. The molecule has 2 aromatic heterocycles. The summed E-state index contributed by atoms with van der Waals surface area (Å²) in [4.78, 5) is 26.1. The number of imidazole rings is 1. The number of carbonyl (C=O) groups is 1. The quantitative estimate of drug-likeness (QED) is 0.403. The number of phenolic OH excluding ortho intramolecular Hbond substituents is 1. The number of ether oxygens (including phenoxy) is 2. The first-order chi connectivity index (χ1) is 12.5. The summed E-state index contributed by atoms with van der Waals surface area (Å²) in [6.45, 7) is 6.81. The predicted molar refractivity (Wildman–Crippen MR) is 92.2 cm³/mol. The number of hydrogen-bond donors (Lipinski definition) is 4. The average Bonchev–Trinajstić information content (AvgIpc) is 3.06. The van der Waals surface area contributed by atoms with Crippen LogP contribution in [-0.2, 0) is 0 Å². The molecule has 0 aliphatic heterocycles. The number of nitrogens with zero attached hydrogens (tertiary/aromatic N) is 3. The molecule has 0 unspecified atom stereocenters. The van der Waals surface area contributed by atoms with Crippen LogP contribution in [-0.4, -0.2) is 39.8 Å². The number of nitrogens with two attached hydrogens (primary N) is 1. The standard InChI is InChI=1S/C16H14N6O4/c1-18-14-12(17)13-9(6-19-14)21-16(22-13)26-7-20-15(24)8-3-4-11(25-2)10(23)5-8/h3-6,23H,7,17H2,2H3,(H,20,24)(H,21,22). The number of nitrogens with one attached hydrogen (secondary N) is 2. The number of carbonyl (C=O) groups excluding carboxylic acids is 1. The molecule has 3 aromatic rings. The molecule has 10 heteroatoms. The molecule has 0 aliphatic rings. The Morgan fingerprint density at radius 3 is 3.00 bits per heavy atom. The van der Waals surface area contributed by atoms with Gasteiger partial charge >= 0.3 is 0 Å². The minimum atomic E-state index is -0.449. The highest BCUT2D eigenvalue weighted by molar-refractivity contribution is 5.95. The van der Waals surface area contributed by atoms with Gasteiger partial charge in [0.25, 0.3) is 17.7 Å². The Hall–Kier alpha value is -4.00. The number of benzene rings is 1. The number of nitrogen functional groups attached to an aromatic ring is 1. The predicted octanol–water partition coefficient (Wildman–Crippen LogP) is 1.57. The number of pyridine rings is 1. The molecule has 1 amide bonds. The molecular weight excluding hydrogens is 340 g/mol. The summed E-state index contributed by atoms with van der Waals surface area (Å²) in [5, 5.41) is 12.2. The lowest BCUT2D eigenvalue weighted by Gasteiger charge is -2.07. The van der Waals surface area contributed by atoms with Crippen LogP contribution in [0.2, 0.25) is 0 Å². The number of aromatic nitrogens is 3. The lowest BCUT2D eigenvalue weighted by atomic mass is 10.2. The molecule has 0 saturated carbocycles. The largest absolute Gasteiger partial charge is 0.504 e. The Morgan fingerprint density at radius 2 is 2.31 bits per heavy atom. The van der Waals surface area contributed by atoms with Gasteiger partial charge in [-0.15, -0.1) is 4.98 Å². The number of rotatable bonds is 5. The van der Waals surface area contributed by atoms with Crippen LogP contribution in [0, 0.1) is 6.57 Å². The van der Waals surface area contributed by atoms with Crippen molar-refractivity contribution in [3.63, 3.8) is 0 Å². The average molecular weight is 354 g/mol. The molecule has 0 fully saturated rings. The van der Waals surface area contributed by atoms with Crippen molar-refractivity contribution >= 4 is 28.4 Å². The normalized spacial score (nSPS) is 10.3. The lowest BCUT2D eigenvalue weighted by Crippen LogP contribution is -2.27. The fourth-order valence-corrected chi connectivity index (χ4v) is 2.22. The zero-order valence-corrected chi connectivity index (χ0v) is 13.6. The van der Waals surface area contributed by atoms with Gasteiger partial charge in [-0.1, -0.05) is 6.57 Å². The molecule has 0 radical (unpaired) electrons. The van der Waals surface area contributed by atoms with Gasteiger partial charge in [0.15, 0.2) is 18.2 Å². The number of aromatic hydroxyl groups is 1. The molecule has 0 spiro atoms. The zero-order valence-electron chi connectivity index (χ0n) is 13.6. The van der Waals surface area contributed by atoms with Gasteiger partial charge in [0.1, 0.15) is 17.2 Å². The summed E-state index contributed by atoms with van der Waals surface area (Å²) < 4.78 is 10.3. The van der Waals surface area contributed by atoms with Crippen LogP contribution in [0.25, 0.3) is 15.9 Å². The van der Waals surface area contributed by atoms with Crippen molar-refractivity contribution in [3.05, 3.63) is 41.4 Å². The van der Waals surface area contributed by atoms with Gasteiger partial charge in [-0.2, -0.15) is 4.98 Å².